The molecule has 7 nitrogen and oxygen atoms in total. The Hall–Kier alpha value is -2.96. The van der Waals surface area contributed by atoms with Crippen molar-refractivity contribution < 1.29 is 28.9 Å². The highest BCUT2D eigenvalue weighted by atomic mass is 16.5. The zero-order chi connectivity index (χ0) is 17.9. The van der Waals surface area contributed by atoms with Gasteiger partial charge in [0.25, 0.3) is 0 Å². The summed E-state index contributed by atoms with van der Waals surface area (Å²) in [6.07, 6.45) is -0.189. The van der Waals surface area contributed by atoms with Crippen LogP contribution in [0.15, 0.2) is 33.5 Å². The zero-order valence-corrected chi connectivity index (χ0v) is 13.5. The molecule has 128 valence electrons. The van der Waals surface area contributed by atoms with E-state index in [0.717, 1.165) is 0 Å². The number of phenols is 1. The van der Waals surface area contributed by atoms with Gasteiger partial charge in [0, 0.05) is 12.0 Å². The number of aromatic hydroxyl groups is 2. The van der Waals surface area contributed by atoms with Crippen LogP contribution in [0, 0.1) is 6.92 Å². The van der Waals surface area contributed by atoms with Gasteiger partial charge in [-0.1, -0.05) is 6.07 Å². The van der Waals surface area contributed by atoms with Crippen LogP contribution in [0.2, 0.25) is 0 Å². The molecule has 0 bridgehead atoms. The Bertz CT molecular complexity index is 807. The van der Waals surface area contributed by atoms with Crippen LogP contribution in [0.25, 0.3) is 0 Å². The Morgan fingerprint density at radius 3 is 2.50 bits per heavy atom. The van der Waals surface area contributed by atoms with Crippen molar-refractivity contribution in [1.82, 2.24) is 0 Å². The maximum absolute atomic E-state index is 12.2. The molecule has 0 saturated heterocycles. The van der Waals surface area contributed by atoms with Crippen molar-refractivity contribution in [2.75, 3.05) is 14.2 Å². The number of hydrogen-bond donors (Lipinski definition) is 2. The fourth-order valence-corrected chi connectivity index (χ4v) is 2.47. The number of benzene rings is 1. The molecule has 0 unspecified atom stereocenters. The largest absolute Gasteiger partial charge is 0.507 e. The Kier molecular flexibility index (Phi) is 5.13. The number of carbonyl (C=O) groups excluding carboxylic acids is 1. The molecule has 0 spiro atoms. The van der Waals surface area contributed by atoms with Crippen LogP contribution < -0.4 is 10.4 Å². The summed E-state index contributed by atoms with van der Waals surface area (Å²) in [5.41, 5.74) is -0.311. The number of carbonyl (C=O) groups is 1. The number of methoxy groups -OCH3 is 2. The molecular weight excluding hydrogens is 316 g/mol. The van der Waals surface area contributed by atoms with Crippen LogP contribution in [0.4, 0.5) is 0 Å². The monoisotopic (exact) mass is 334 g/mol. The molecule has 0 aliphatic rings. The van der Waals surface area contributed by atoms with E-state index >= 15 is 0 Å². The first-order valence-corrected chi connectivity index (χ1v) is 7.14. The Morgan fingerprint density at radius 2 is 1.92 bits per heavy atom. The highest BCUT2D eigenvalue weighted by Crippen LogP contribution is 2.36. The van der Waals surface area contributed by atoms with E-state index in [4.69, 9.17) is 9.15 Å². The van der Waals surface area contributed by atoms with Gasteiger partial charge in [-0.2, -0.15) is 0 Å². The minimum absolute atomic E-state index is 0.0567. The van der Waals surface area contributed by atoms with Crippen molar-refractivity contribution >= 4 is 5.97 Å². The SMILES string of the molecule is COC(=O)C[C@@H](c1ccc(O)c(OC)c1)c1c(O)cc(C)oc1=O. The van der Waals surface area contributed by atoms with Crippen LogP contribution >= 0.6 is 0 Å². The lowest BCUT2D eigenvalue weighted by atomic mass is 9.88. The summed E-state index contributed by atoms with van der Waals surface area (Å²) in [4.78, 5) is 24.0. The molecule has 0 saturated carbocycles. The fourth-order valence-electron chi connectivity index (χ4n) is 2.47. The number of rotatable bonds is 5. The molecule has 1 aromatic heterocycles. The molecule has 2 N–H and O–H groups in total. The average Bonchev–Trinajstić information content (AvgIpc) is 2.53. The van der Waals surface area contributed by atoms with Crippen molar-refractivity contribution in [3.05, 3.63) is 51.6 Å². The summed E-state index contributed by atoms with van der Waals surface area (Å²) < 4.78 is 14.8. The van der Waals surface area contributed by atoms with Crippen molar-refractivity contribution in [2.45, 2.75) is 19.3 Å². The first-order valence-electron chi connectivity index (χ1n) is 7.14. The maximum Gasteiger partial charge on any atom is 0.343 e. The van der Waals surface area contributed by atoms with Crippen LogP contribution in [0.1, 0.15) is 29.2 Å². The van der Waals surface area contributed by atoms with Gasteiger partial charge in [0.1, 0.15) is 11.5 Å². The number of phenolic OH excluding ortho intramolecular Hbond substituents is 1. The van der Waals surface area contributed by atoms with Gasteiger partial charge in [0.05, 0.1) is 26.2 Å². The normalized spacial score (nSPS) is 11.8. The topological polar surface area (TPSA) is 106 Å². The number of esters is 1. The Balaban J connectivity index is 2.62. The highest BCUT2D eigenvalue weighted by Gasteiger charge is 2.27. The molecule has 2 rings (SSSR count). The second kappa shape index (κ2) is 7.08. The summed E-state index contributed by atoms with van der Waals surface area (Å²) in [6.45, 7) is 1.53. The number of aryl methyl sites for hydroxylation is 1. The molecule has 24 heavy (non-hydrogen) atoms. The van der Waals surface area contributed by atoms with E-state index in [1.54, 1.807) is 0 Å². The number of hydrogen-bond acceptors (Lipinski definition) is 7. The lowest BCUT2D eigenvalue weighted by molar-refractivity contribution is -0.140. The smallest absolute Gasteiger partial charge is 0.343 e. The van der Waals surface area contributed by atoms with Gasteiger partial charge in [-0.05, 0) is 24.6 Å². The minimum Gasteiger partial charge on any atom is -0.507 e. The van der Waals surface area contributed by atoms with E-state index in [0.29, 0.717) is 5.56 Å². The van der Waals surface area contributed by atoms with Crippen molar-refractivity contribution in [3.8, 4) is 17.2 Å². The predicted octanol–water partition coefficient (Wildman–Crippen LogP) is 2.06. The fraction of sp³-hybridized carbons (Fsp3) is 0.294. The van der Waals surface area contributed by atoms with Crippen LogP contribution in [0.5, 0.6) is 17.2 Å². The van der Waals surface area contributed by atoms with Gasteiger partial charge in [0.15, 0.2) is 11.5 Å². The van der Waals surface area contributed by atoms with Gasteiger partial charge in [-0.3, -0.25) is 4.79 Å². The van der Waals surface area contributed by atoms with Gasteiger partial charge in [0.2, 0.25) is 0 Å². The van der Waals surface area contributed by atoms with Crippen molar-refractivity contribution in [2.24, 2.45) is 0 Å². The molecule has 0 aliphatic heterocycles. The van der Waals surface area contributed by atoms with Crippen molar-refractivity contribution in [3.63, 3.8) is 0 Å². The average molecular weight is 334 g/mol. The third-order valence-corrected chi connectivity index (χ3v) is 3.64. The van der Waals surface area contributed by atoms with Gasteiger partial charge >= 0.3 is 11.6 Å². The summed E-state index contributed by atoms with van der Waals surface area (Å²) in [5, 5.41) is 19.9. The van der Waals surface area contributed by atoms with Gasteiger partial charge < -0.3 is 24.1 Å². The third kappa shape index (κ3) is 3.51. The molecule has 2 aromatic rings. The lowest BCUT2D eigenvalue weighted by Crippen LogP contribution is -2.18. The van der Waals surface area contributed by atoms with Gasteiger partial charge in [-0.15, -0.1) is 0 Å². The van der Waals surface area contributed by atoms with E-state index in [-0.39, 0.29) is 35.0 Å². The summed E-state index contributed by atoms with van der Waals surface area (Å²) in [7, 11) is 2.61. The minimum atomic E-state index is -0.816. The molecule has 0 fully saturated rings. The highest BCUT2D eigenvalue weighted by molar-refractivity contribution is 5.71. The first kappa shape index (κ1) is 17.4. The van der Waals surface area contributed by atoms with Crippen LogP contribution in [-0.4, -0.2) is 30.4 Å². The molecule has 0 aliphatic carbocycles. The summed E-state index contributed by atoms with van der Waals surface area (Å²) in [5.74, 6) is -1.31. The molecule has 0 amide bonds. The Morgan fingerprint density at radius 1 is 1.21 bits per heavy atom. The van der Waals surface area contributed by atoms with Crippen LogP contribution in [-0.2, 0) is 9.53 Å². The predicted molar refractivity (Wildman–Crippen MR) is 84.5 cm³/mol. The molecule has 7 heteroatoms. The van der Waals surface area contributed by atoms with Gasteiger partial charge in [-0.25, -0.2) is 4.79 Å². The molecule has 0 radical (unpaired) electrons. The summed E-state index contributed by atoms with van der Waals surface area (Å²) >= 11 is 0. The standard InChI is InChI=1S/C17H18O7/c1-9-6-13(19)16(17(21)24-9)11(8-15(20)23-3)10-4-5-12(18)14(7-10)22-2/h4-7,11,18-19H,8H2,1-3H3/t11-/m0/s1. The second-order valence-corrected chi connectivity index (χ2v) is 5.21. The van der Waals surface area contributed by atoms with E-state index in [2.05, 4.69) is 4.74 Å². The van der Waals surface area contributed by atoms with Crippen molar-refractivity contribution in [1.29, 1.82) is 0 Å². The summed E-state index contributed by atoms with van der Waals surface area (Å²) in [6, 6.07) is 5.70. The quantitative estimate of drug-likeness (QED) is 0.806. The molecular formula is C17H18O7. The second-order valence-electron chi connectivity index (χ2n) is 5.21. The van der Waals surface area contributed by atoms with E-state index < -0.39 is 17.5 Å². The molecule has 1 atom stereocenters. The molecule has 1 aromatic carbocycles. The number of ether oxygens (including phenoxy) is 2. The van der Waals surface area contributed by atoms with Crippen LogP contribution in [0.3, 0.4) is 0 Å². The van der Waals surface area contributed by atoms with E-state index in [9.17, 15) is 19.8 Å². The zero-order valence-electron chi connectivity index (χ0n) is 13.5. The first-order chi connectivity index (χ1) is 11.4. The van der Waals surface area contributed by atoms with E-state index in [1.165, 1.54) is 45.4 Å². The third-order valence-electron chi connectivity index (χ3n) is 3.64. The lowest BCUT2D eigenvalue weighted by Gasteiger charge is -2.18. The van der Waals surface area contributed by atoms with E-state index in [1.807, 2.05) is 0 Å². The molecule has 1 heterocycles. The maximum atomic E-state index is 12.2. The Labute approximate surface area is 138 Å².